The molecule has 3 aromatic rings. The van der Waals surface area contributed by atoms with Crippen LogP contribution in [-0.4, -0.2) is 36.5 Å². The van der Waals surface area contributed by atoms with Gasteiger partial charge in [0.2, 0.25) is 5.95 Å². The molecule has 0 saturated heterocycles. The second-order valence-corrected chi connectivity index (χ2v) is 7.29. The van der Waals surface area contributed by atoms with E-state index in [9.17, 15) is 31.1 Å². The quantitative estimate of drug-likeness (QED) is 0.524. The summed E-state index contributed by atoms with van der Waals surface area (Å²) >= 11 is 0. The molecule has 11 heteroatoms. The molecule has 0 atom stereocenters. The highest BCUT2D eigenvalue weighted by molar-refractivity contribution is 5.95. The van der Waals surface area contributed by atoms with Crippen LogP contribution in [0.5, 0.6) is 0 Å². The Labute approximate surface area is 185 Å². The van der Waals surface area contributed by atoms with Crippen molar-refractivity contribution in [2.24, 2.45) is 0 Å². The maximum Gasteiger partial charge on any atom is 0.417 e. The molecular weight excluding hydrogens is 450 g/mol. The van der Waals surface area contributed by atoms with E-state index in [0.29, 0.717) is 17.6 Å². The van der Waals surface area contributed by atoms with Crippen LogP contribution in [0.15, 0.2) is 54.9 Å². The van der Waals surface area contributed by atoms with Crippen molar-refractivity contribution in [3.8, 4) is 11.1 Å². The topological polar surface area (TPSA) is 58.1 Å². The van der Waals surface area contributed by atoms with E-state index in [4.69, 9.17) is 0 Å². The van der Waals surface area contributed by atoms with Gasteiger partial charge < -0.3 is 10.2 Å². The lowest BCUT2D eigenvalue weighted by atomic mass is 10.0. The summed E-state index contributed by atoms with van der Waals surface area (Å²) in [6, 6.07) is 6.74. The number of amides is 1. The van der Waals surface area contributed by atoms with Crippen LogP contribution in [0, 0.1) is 5.82 Å². The number of rotatable bonds is 6. The van der Waals surface area contributed by atoms with Crippen molar-refractivity contribution in [2.45, 2.75) is 12.1 Å². The molecule has 174 valence electrons. The molecule has 0 fully saturated rings. The molecule has 5 nitrogen and oxygen atoms in total. The third-order valence-electron chi connectivity index (χ3n) is 4.68. The first kappa shape index (κ1) is 24.0. The Bertz CT molecular complexity index is 1150. The van der Waals surface area contributed by atoms with Crippen LogP contribution in [0.4, 0.5) is 32.3 Å². The number of carbonyl (C=O) groups is 1. The summed E-state index contributed by atoms with van der Waals surface area (Å²) in [6.07, 6.45) is -2.02. The SMILES string of the molecule is CN(C)c1ncc(-c2ccc(C(F)(F)CNC(=O)c3ccccc3C(F)(F)F)c(F)c2)cn1. The van der Waals surface area contributed by atoms with Gasteiger partial charge in [-0.15, -0.1) is 0 Å². The molecule has 0 aliphatic heterocycles. The van der Waals surface area contributed by atoms with Crippen LogP contribution in [0.3, 0.4) is 0 Å². The number of anilines is 1. The van der Waals surface area contributed by atoms with Crippen LogP contribution in [0.1, 0.15) is 21.5 Å². The summed E-state index contributed by atoms with van der Waals surface area (Å²) in [5.41, 5.74) is -2.44. The standard InChI is InChI=1S/C22H18F6N4O/c1-32(2)20-29-10-14(11-30-20)13-7-8-17(18(23)9-13)21(24,25)12-31-19(33)15-5-3-4-6-16(15)22(26,27)28/h3-11H,12H2,1-2H3,(H,31,33). The largest absolute Gasteiger partial charge is 0.417 e. The molecule has 0 radical (unpaired) electrons. The van der Waals surface area contributed by atoms with Crippen LogP contribution >= 0.6 is 0 Å². The summed E-state index contributed by atoms with van der Waals surface area (Å²) in [5.74, 6) is -6.07. The molecule has 0 unspecified atom stereocenters. The molecule has 33 heavy (non-hydrogen) atoms. The molecule has 1 amide bonds. The van der Waals surface area contributed by atoms with Gasteiger partial charge in [0.25, 0.3) is 11.8 Å². The van der Waals surface area contributed by atoms with E-state index >= 15 is 0 Å². The number of nitrogens with zero attached hydrogens (tertiary/aromatic N) is 3. The molecule has 3 rings (SSSR count). The number of benzene rings is 2. The van der Waals surface area contributed by atoms with E-state index in [1.54, 1.807) is 24.3 Å². The minimum atomic E-state index is -4.84. The van der Waals surface area contributed by atoms with Gasteiger partial charge in [0, 0.05) is 32.1 Å². The first-order valence-electron chi connectivity index (χ1n) is 9.52. The number of hydrogen-bond donors (Lipinski definition) is 1. The van der Waals surface area contributed by atoms with E-state index < -0.39 is 47.1 Å². The number of carbonyl (C=O) groups excluding carboxylic acids is 1. The molecule has 0 bridgehead atoms. The molecule has 0 spiro atoms. The van der Waals surface area contributed by atoms with Crippen molar-refractivity contribution < 1.29 is 31.1 Å². The highest BCUT2D eigenvalue weighted by Crippen LogP contribution is 2.34. The van der Waals surface area contributed by atoms with Crippen molar-refractivity contribution >= 4 is 11.9 Å². The smallest absolute Gasteiger partial charge is 0.347 e. The lowest BCUT2D eigenvalue weighted by molar-refractivity contribution is -0.137. The molecule has 1 heterocycles. The van der Waals surface area contributed by atoms with Gasteiger partial charge in [-0.1, -0.05) is 18.2 Å². The summed E-state index contributed by atoms with van der Waals surface area (Å²) in [6.45, 7) is -1.39. The van der Waals surface area contributed by atoms with Gasteiger partial charge in [-0.25, -0.2) is 14.4 Å². The van der Waals surface area contributed by atoms with Crippen LogP contribution in [-0.2, 0) is 12.1 Å². The monoisotopic (exact) mass is 468 g/mol. The van der Waals surface area contributed by atoms with Crippen LogP contribution < -0.4 is 10.2 Å². The maximum atomic E-state index is 14.6. The lowest BCUT2D eigenvalue weighted by Gasteiger charge is -2.19. The lowest BCUT2D eigenvalue weighted by Crippen LogP contribution is -2.36. The molecule has 2 aromatic carbocycles. The normalized spacial score (nSPS) is 11.9. The number of hydrogen-bond acceptors (Lipinski definition) is 4. The minimum Gasteiger partial charge on any atom is -0.347 e. The van der Waals surface area contributed by atoms with Gasteiger partial charge in [-0.3, -0.25) is 4.79 Å². The summed E-state index contributed by atoms with van der Waals surface area (Å²) in [7, 11) is 3.46. The first-order chi connectivity index (χ1) is 15.4. The van der Waals surface area contributed by atoms with Gasteiger partial charge in [0.15, 0.2) is 0 Å². The third kappa shape index (κ3) is 5.41. The molecule has 0 aliphatic rings. The van der Waals surface area contributed by atoms with Gasteiger partial charge in [0.1, 0.15) is 5.82 Å². The van der Waals surface area contributed by atoms with Crippen molar-refractivity contribution in [1.29, 1.82) is 0 Å². The highest BCUT2D eigenvalue weighted by Gasteiger charge is 2.38. The average molecular weight is 468 g/mol. The van der Waals surface area contributed by atoms with Gasteiger partial charge in [0.05, 0.1) is 23.2 Å². The van der Waals surface area contributed by atoms with Gasteiger partial charge in [-0.05, 0) is 29.8 Å². The minimum absolute atomic E-state index is 0.250. The fourth-order valence-electron chi connectivity index (χ4n) is 3.00. The fourth-order valence-corrected chi connectivity index (χ4v) is 3.00. The molecular formula is C22H18F6N4O. The number of aromatic nitrogens is 2. The van der Waals surface area contributed by atoms with Crippen molar-refractivity contribution in [1.82, 2.24) is 15.3 Å². The highest BCUT2D eigenvalue weighted by atomic mass is 19.4. The number of halogens is 6. The predicted octanol–water partition coefficient (Wildman–Crippen LogP) is 4.89. The number of alkyl halides is 5. The van der Waals surface area contributed by atoms with Crippen molar-refractivity contribution in [2.75, 3.05) is 25.5 Å². The third-order valence-corrected chi connectivity index (χ3v) is 4.68. The van der Waals surface area contributed by atoms with Gasteiger partial charge in [-0.2, -0.15) is 22.0 Å². The summed E-state index contributed by atoms with van der Waals surface area (Å²) in [5, 5.41) is 1.76. The van der Waals surface area contributed by atoms with Crippen LogP contribution in [0.25, 0.3) is 11.1 Å². The molecule has 0 saturated carbocycles. The van der Waals surface area contributed by atoms with E-state index in [1.165, 1.54) is 24.5 Å². The Kier molecular flexibility index (Phi) is 6.61. The zero-order chi connectivity index (χ0) is 24.4. The molecule has 1 aromatic heterocycles. The van der Waals surface area contributed by atoms with E-state index in [0.717, 1.165) is 24.3 Å². The Hall–Kier alpha value is -3.63. The maximum absolute atomic E-state index is 14.6. The predicted molar refractivity (Wildman–Crippen MR) is 109 cm³/mol. The Morgan fingerprint density at radius 1 is 0.939 bits per heavy atom. The average Bonchev–Trinajstić information content (AvgIpc) is 2.76. The molecule has 1 N–H and O–H groups in total. The first-order valence-corrected chi connectivity index (χ1v) is 9.52. The second-order valence-electron chi connectivity index (χ2n) is 7.29. The zero-order valence-electron chi connectivity index (χ0n) is 17.4. The summed E-state index contributed by atoms with van der Waals surface area (Å²) in [4.78, 5) is 21.9. The van der Waals surface area contributed by atoms with Gasteiger partial charge >= 0.3 is 6.18 Å². The fraction of sp³-hybridized carbons (Fsp3) is 0.227. The Morgan fingerprint density at radius 2 is 1.58 bits per heavy atom. The van der Waals surface area contributed by atoms with E-state index in [2.05, 4.69) is 9.97 Å². The number of nitrogens with one attached hydrogen (secondary N) is 1. The van der Waals surface area contributed by atoms with E-state index in [-0.39, 0.29) is 5.56 Å². The zero-order valence-corrected chi connectivity index (χ0v) is 17.4. The van der Waals surface area contributed by atoms with E-state index in [1.807, 2.05) is 0 Å². The second kappa shape index (κ2) is 9.08. The Balaban J connectivity index is 1.77. The molecule has 0 aliphatic carbocycles. The van der Waals surface area contributed by atoms with Crippen molar-refractivity contribution in [3.63, 3.8) is 0 Å². The van der Waals surface area contributed by atoms with Crippen LogP contribution in [0.2, 0.25) is 0 Å². The Morgan fingerprint density at radius 3 is 2.15 bits per heavy atom. The van der Waals surface area contributed by atoms with Crippen molar-refractivity contribution in [3.05, 3.63) is 77.4 Å². The summed E-state index contributed by atoms with van der Waals surface area (Å²) < 4.78 is 82.9.